The lowest BCUT2D eigenvalue weighted by Gasteiger charge is -2.17. The number of methoxy groups -OCH3 is 1. The van der Waals surface area contributed by atoms with Crippen LogP contribution < -0.4 is 4.72 Å². The molecule has 1 N–H and O–H groups in total. The van der Waals surface area contributed by atoms with Gasteiger partial charge in [-0.3, -0.25) is 0 Å². The minimum atomic E-state index is -3.98. The fourth-order valence-corrected chi connectivity index (χ4v) is 3.86. The highest BCUT2D eigenvalue weighted by Crippen LogP contribution is 2.23. The molecule has 25 heavy (non-hydrogen) atoms. The van der Waals surface area contributed by atoms with Gasteiger partial charge in [-0.05, 0) is 43.7 Å². The van der Waals surface area contributed by atoms with E-state index >= 15 is 0 Å². The number of hydrogen-bond acceptors (Lipinski definition) is 4. The lowest BCUT2D eigenvalue weighted by atomic mass is 10.1. The third-order valence-electron chi connectivity index (χ3n) is 3.65. The smallest absolute Gasteiger partial charge is 0.337 e. The van der Waals surface area contributed by atoms with Gasteiger partial charge in [-0.25, -0.2) is 26.7 Å². The van der Waals surface area contributed by atoms with E-state index in [-0.39, 0.29) is 16.0 Å². The molecule has 0 aliphatic rings. The molecular weight excluding hydrogens is 352 g/mol. The number of esters is 1. The fraction of sp³-hybridized carbons (Fsp3) is 0.235. The number of aryl methyl sites for hydroxylation is 1. The molecule has 0 bridgehead atoms. The zero-order valence-electron chi connectivity index (χ0n) is 13.8. The van der Waals surface area contributed by atoms with Crippen LogP contribution in [0.5, 0.6) is 0 Å². The van der Waals surface area contributed by atoms with Crippen LogP contribution in [0.4, 0.5) is 8.78 Å². The standard InChI is InChI=1S/C17H17F2NO4S/c1-10-8-12(17(21)24-3)4-7-16(10)25(22,23)20-11(2)14-6-5-13(18)9-15(14)19/h4-9,11,20H,1-3H3. The lowest BCUT2D eigenvalue weighted by Crippen LogP contribution is -2.28. The van der Waals surface area contributed by atoms with Gasteiger partial charge in [0.15, 0.2) is 0 Å². The van der Waals surface area contributed by atoms with E-state index in [1.54, 1.807) is 0 Å². The topological polar surface area (TPSA) is 72.5 Å². The highest BCUT2D eigenvalue weighted by molar-refractivity contribution is 7.89. The van der Waals surface area contributed by atoms with Crippen molar-refractivity contribution in [3.63, 3.8) is 0 Å². The van der Waals surface area contributed by atoms with Crippen LogP contribution in [0.15, 0.2) is 41.3 Å². The molecule has 0 aliphatic heterocycles. The summed E-state index contributed by atoms with van der Waals surface area (Å²) in [5.41, 5.74) is 0.576. The molecule has 5 nitrogen and oxygen atoms in total. The number of rotatable bonds is 5. The number of hydrogen-bond donors (Lipinski definition) is 1. The van der Waals surface area contributed by atoms with Gasteiger partial charge in [-0.15, -0.1) is 0 Å². The fourth-order valence-electron chi connectivity index (χ4n) is 2.41. The Morgan fingerprint density at radius 1 is 1.16 bits per heavy atom. The summed E-state index contributed by atoms with van der Waals surface area (Å²) in [4.78, 5) is 11.4. The molecule has 0 radical (unpaired) electrons. The Bertz CT molecular complexity index is 913. The largest absolute Gasteiger partial charge is 0.465 e. The average Bonchev–Trinajstić information content (AvgIpc) is 2.52. The molecule has 134 valence electrons. The van der Waals surface area contributed by atoms with E-state index in [1.165, 1.54) is 45.2 Å². The first-order chi connectivity index (χ1) is 11.7. The highest BCUT2D eigenvalue weighted by atomic mass is 32.2. The summed E-state index contributed by atoms with van der Waals surface area (Å²) in [6, 6.07) is 6.02. The second-order valence-electron chi connectivity index (χ2n) is 5.48. The molecule has 0 aromatic heterocycles. The predicted molar refractivity (Wildman–Crippen MR) is 87.6 cm³/mol. The molecule has 0 aliphatic carbocycles. The number of carbonyl (C=O) groups is 1. The third-order valence-corrected chi connectivity index (χ3v) is 5.35. The first kappa shape index (κ1) is 19.0. The summed E-state index contributed by atoms with van der Waals surface area (Å²) in [6.07, 6.45) is 0. The Hall–Kier alpha value is -2.32. The Morgan fingerprint density at radius 2 is 1.84 bits per heavy atom. The molecule has 2 aromatic carbocycles. The van der Waals surface area contributed by atoms with Crippen LogP contribution in [0.2, 0.25) is 0 Å². The van der Waals surface area contributed by atoms with E-state index in [2.05, 4.69) is 9.46 Å². The Kier molecular flexibility index (Phi) is 5.54. The van der Waals surface area contributed by atoms with Crippen molar-refractivity contribution in [2.45, 2.75) is 24.8 Å². The number of carbonyl (C=O) groups excluding carboxylic acids is 1. The first-order valence-corrected chi connectivity index (χ1v) is 8.80. The van der Waals surface area contributed by atoms with Gasteiger partial charge in [0.05, 0.1) is 17.6 Å². The van der Waals surface area contributed by atoms with Gasteiger partial charge in [0.1, 0.15) is 11.6 Å². The zero-order valence-corrected chi connectivity index (χ0v) is 14.7. The molecule has 0 saturated heterocycles. The van der Waals surface area contributed by atoms with Crippen molar-refractivity contribution in [3.05, 3.63) is 64.7 Å². The van der Waals surface area contributed by atoms with Gasteiger partial charge in [-0.2, -0.15) is 0 Å². The van der Waals surface area contributed by atoms with E-state index in [0.29, 0.717) is 11.6 Å². The van der Waals surface area contributed by atoms with E-state index in [4.69, 9.17) is 0 Å². The van der Waals surface area contributed by atoms with Gasteiger partial charge in [0.25, 0.3) is 0 Å². The minimum Gasteiger partial charge on any atom is -0.465 e. The van der Waals surface area contributed by atoms with Gasteiger partial charge in [0, 0.05) is 17.7 Å². The number of nitrogens with one attached hydrogen (secondary N) is 1. The van der Waals surface area contributed by atoms with E-state index < -0.39 is 33.7 Å². The first-order valence-electron chi connectivity index (χ1n) is 7.32. The van der Waals surface area contributed by atoms with Crippen molar-refractivity contribution in [2.75, 3.05) is 7.11 Å². The van der Waals surface area contributed by atoms with Crippen LogP contribution in [0, 0.1) is 18.6 Å². The van der Waals surface area contributed by atoms with Crippen LogP contribution in [-0.2, 0) is 14.8 Å². The lowest BCUT2D eigenvalue weighted by molar-refractivity contribution is 0.0600. The van der Waals surface area contributed by atoms with Crippen molar-refractivity contribution < 1.29 is 26.7 Å². The van der Waals surface area contributed by atoms with Crippen molar-refractivity contribution >= 4 is 16.0 Å². The molecule has 0 heterocycles. The van der Waals surface area contributed by atoms with Gasteiger partial charge in [0.2, 0.25) is 10.0 Å². The number of benzene rings is 2. The summed E-state index contributed by atoms with van der Waals surface area (Å²) >= 11 is 0. The van der Waals surface area contributed by atoms with E-state index in [9.17, 15) is 22.0 Å². The summed E-state index contributed by atoms with van der Waals surface area (Å²) in [5.74, 6) is -2.17. The Labute approximate surface area is 144 Å². The van der Waals surface area contributed by atoms with Crippen molar-refractivity contribution in [3.8, 4) is 0 Å². The second-order valence-corrected chi connectivity index (χ2v) is 7.16. The normalized spacial score (nSPS) is 12.7. The number of halogens is 2. The quantitative estimate of drug-likeness (QED) is 0.822. The van der Waals surface area contributed by atoms with Gasteiger partial charge < -0.3 is 4.74 Å². The molecule has 2 rings (SSSR count). The van der Waals surface area contributed by atoms with Crippen molar-refractivity contribution in [1.82, 2.24) is 4.72 Å². The summed E-state index contributed by atoms with van der Waals surface area (Å²) < 4.78 is 58.8. The summed E-state index contributed by atoms with van der Waals surface area (Å²) in [6.45, 7) is 2.98. The maximum atomic E-state index is 13.8. The van der Waals surface area contributed by atoms with Crippen LogP contribution in [-0.4, -0.2) is 21.5 Å². The molecular formula is C17H17F2NO4S. The Morgan fingerprint density at radius 3 is 2.40 bits per heavy atom. The molecule has 0 spiro atoms. The molecule has 0 fully saturated rings. The third kappa shape index (κ3) is 4.21. The van der Waals surface area contributed by atoms with Crippen LogP contribution >= 0.6 is 0 Å². The number of ether oxygens (including phenoxy) is 1. The number of sulfonamides is 1. The maximum Gasteiger partial charge on any atom is 0.337 e. The Balaban J connectivity index is 2.31. The molecule has 2 aromatic rings. The van der Waals surface area contributed by atoms with Crippen molar-refractivity contribution in [1.29, 1.82) is 0 Å². The minimum absolute atomic E-state index is 0.0220. The van der Waals surface area contributed by atoms with E-state index in [1.807, 2.05) is 0 Å². The van der Waals surface area contributed by atoms with Crippen LogP contribution in [0.1, 0.15) is 34.5 Å². The van der Waals surface area contributed by atoms with Gasteiger partial charge >= 0.3 is 5.97 Å². The second kappa shape index (κ2) is 7.28. The SMILES string of the molecule is COC(=O)c1ccc(S(=O)(=O)NC(C)c2ccc(F)cc2F)c(C)c1. The summed E-state index contributed by atoms with van der Waals surface area (Å²) in [7, 11) is -2.75. The van der Waals surface area contributed by atoms with Crippen LogP contribution in [0.25, 0.3) is 0 Å². The van der Waals surface area contributed by atoms with Crippen LogP contribution in [0.3, 0.4) is 0 Å². The van der Waals surface area contributed by atoms with Gasteiger partial charge in [-0.1, -0.05) is 6.07 Å². The molecule has 1 unspecified atom stereocenters. The predicted octanol–water partition coefficient (Wildman–Crippen LogP) is 3.10. The molecule has 0 amide bonds. The highest BCUT2D eigenvalue weighted by Gasteiger charge is 2.23. The summed E-state index contributed by atoms with van der Waals surface area (Å²) in [5, 5.41) is 0. The average molecular weight is 369 g/mol. The van der Waals surface area contributed by atoms with Crippen molar-refractivity contribution in [2.24, 2.45) is 0 Å². The zero-order chi connectivity index (χ0) is 18.8. The molecule has 8 heteroatoms. The molecule has 1 atom stereocenters. The monoisotopic (exact) mass is 369 g/mol. The maximum absolute atomic E-state index is 13.8. The van der Waals surface area contributed by atoms with E-state index in [0.717, 1.165) is 6.07 Å². The molecule has 0 saturated carbocycles.